The van der Waals surface area contributed by atoms with E-state index in [2.05, 4.69) is 158 Å². The lowest BCUT2D eigenvalue weighted by molar-refractivity contribution is 1.63. The van der Waals surface area contributed by atoms with E-state index in [0.29, 0.717) is 0 Å². The Labute approximate surface area is 233 Å². The topological polar surface area (TPSA) is 0 Å². The molecule has 0 heterocycles. The van der Waals surface area contributed by atoms with Crippen LogP contribution < -0.4 is 0 Å². The van der Waals surface area contributed by atoms with Crippen molar-refractivity contribution in [3.8, 4) is 33.4 Å². The average molecular weight is 507 g/mol. The summed E-state index contributed by atoms with van der Waals surface area (Å²) in [6.07, 6.45) is 0. The largest absolute Gasteiger partial charge is 0.0622 e. The summed E-state index contributed by atoms with van der Waals surface area (Å²) in [5.74, 6) is 0. The van der Waals surface area contributed by atoms with Gasteiger partial charge in [-0.25, -0.2) is 0 Å². The molecule has 0 aliphatic rings. The van der Waals surface area contributed by atoms with Crippen molar-refractivity contribution in [2.75, 3.05) is 0 Å². The van der Waals surface area contributed by atoms with Crippen LogP contribution in [0.3, 0.4) is 0 Å². The van der Waals surface area contributed by atoms with Crippen LogP contribution in [-0.4, -0.2) is 0 Å². The molecule has 8 rings (SSSR count). The van der Waals surface area contributed by atoms with Crippen molar-refractivity contribution in [1.29, 1.82) is 0 Å². The lowest BCUT2D eigenvalue weighted by Gasteiger charge is -2.18. The molecule has 0 amide bonds. The third kappa shape index (κ3) is 3.54. The molecule has 0 radical (unpaired) electrons. The quantitative estimate of drug-likeness (QED) is 0.165. The summed E-state index contributed by atoms with van der Waals surface area (Å²) in [6.45, 7) is 0. The Bertz CT molecular complexity index is 2130. The summed E-state index contributed by atoms with van der Waals surface area (Å²) < 4.78 is 0. The first-order chi connectivity index (χ1) is 19.9. The van der Waals surface area contributed by atoms with Crippen LogP contribution in [0.2, 0.25) is 0 Å². The third-order valence-electron chi connectivity index (χ3n) is 8.25. The average Bonchev–Trinajstić information content (AvgIpc) is 3.03. The highest BCUT2D eigenvalue weighted by molar-refractivity contribution is 6.21. The predicted molar refractivity (Wildman–Crippen MR) is 173 cm³/mol. The number of rotatable bonds is 3. The monoisotopic (exact) mass is 506 g/mol. The van der Waals surface area contributed by atoms with Gasteiger partial charge in [0, 0.05) is 0 Å². The van der Waals surface area contributed by atoms with Crippen LogP contribution in [-0.2, 0) is 0 Å². The minimum atomic E-state index is 1.24. The van der Waals surface area contributed by atoms with Crippen LogP contribution >= 0.6 is 0 Å². The van der Waals surface area contributed by atoms with Gasteiger partial charge in [-0.15, -0.1) is 0 Å². The van der Waals surface area contributed by atoms with E-state index < -0.39 is 0 Å². The predicted octanol–water partition coefficient (Wildman–Crippen LogP) is 11.3. The molecule has 8 aromatic carbocycles. The van der Waals surface area contributed by atoms with Crippen molar-refractivity contribution in [2.24, 2.45) is 0 Å². The smallest absolute Gasteiger partial charge is 0.00264 e. The highest BCUT2D eigenvalue weighted by atomic mass is 14.2. The molecule has 0 saturated heterocycles. The first kappa shape index (κ1) is 22.8. The molecule has 0 bridgehead atoms. The molecule has 40 heavy (non-hydrogen) atoms. The minimum Gasteiger partial charge on any atom is -0.0622 e. The summed E-state index contributed by atoms with van der Waals surface area (Å²) in [4.78, 5) is 0. The molecule has 0 N–H and O–H groups in total. The molecule has 0 nitrogen and oxygen atoms in total. The van der Waals surface area contributed by atoms with Gasteiger partial charge in [0.2, 0.25) is 0 Å². The van der Waals surface area contributed by atoms with Gasteiger partial charge in [-0.3, -0.25) is 0 Å². The fourth-order valence-electron chi connectivity index (χ4n) is 6.47. The lowest BCUT2D eigenvalue weighted by atomic mass is 9.85. The Morgan fingerprint density at radius 3 is 1.32 bits per heavy atom. The van der Waals surface area contributed by atoms with Gasteiger partial charge in [0.1, 0.15) is 0 Å². The molecule has 0 aliphatic heterocycles. The van der Waals surface area contributed by atoms with Crippen molar-refractivity contribution in [3.05, 3.63) is 158 Å². The molecule has 0 aromatic heterocycles. The maximum atomic E-state index is 2.30. The van der Waals surface area contributed by atoms with Crippen molar-refractivity contribution in [1.82, 2.24) is 0 Å². The molecular formula is C40H26. The van der Waals surface area contributed by atoms with Gasteiger partial charge in [0.05, 0.1) is 0 Å². The van der Waals surface area contributed by atoms with Gasteiger partial charge < -0.3 is 0 Å². The van der Waals surface area contributed by atoms with Crippen molar-refractivity contribution < 1.29 is 0 Å². The third-order valence-corrected chi connectivity index (χ3v) is 8.25. The zero-order valence-electron chi connectivity index (χ0n) is 22.0. The van der Waals surface area contributed by atoms with Crippen molar-refractivity contribution in [2.45, 2.75) is 0 Å². The van der Waals surface area contributed by atoms with E-state index in [-0.39, 0.29) is 0 Å². The Balaban J connectivity index is 1.36. The van der Waals surface area contributed by atoms with Crippen molar-refractivity contribution >= 4 is 43.1 Å². The second-order valence-corrected chi connectivity index (χ2v) is 10.5. The maximum absolute atomic E-state index is 2.30. The van der Waals surface area contributed by atoms with Gasteiger partial charge in [-0.05, 0) is 76.5 Å². The molecule has 0 atom stereocenters. The van der Waals surface area contributed by atoms with Crippen LogP contribution in [0.15, 0.2) is 158 Å². The second-order valence-electron chi connectivity index (χ2n) is 10.5. The van der Waals surface area contributed by atoms with E-state index in [1.807, 2.05) is 0 Å². The normalized spacial score (nSPS) is 11.5. The summed E-state index contributed by atoms with van der Waals surface area (Å²) in [5, 5.41) is 10.3. The van der Waals surface area contributed by atoms with E-state index >= 15 is 0 Å². The number of hydrogen-bond donors (Lipinski definition) is 0. The highest BCUT2D eigenvalue weighted by Crippen LogP contribution is 2.44. The van der Waals surface area contributed by atoms with E-state index in [9.17, 15) is 0 Å². The second kappa shape index (κ2) is 9.22. The van der Waals surface area contributed by atoms with Gasteiger partial charge in [-0.2, -0.15) is 0 Å². The summed E-state index contributed by atoms with van der Waals surface area (Å²) in [7, 11) is 0. The van der Waals surface area contributed by atoms with E-state index in [1.54, 1.807) is 0 Å². The Morgan fingerprint density at radius 2 is 0.700 bits per heavy atom. The van der Waals surface area contributed by atoms with Crippen LogP contribution in [0.4, 0.5) is 0 Å². The van der Waals surface area contributed by atoms with Gasteiger partial charge >= 0.3 is 0 Å². The molecule has 0 heteroatoms. The Hall–Kier alpha value is -5.20. The minimum absolute atomic E-state index is 1.24. The number of hydrogen-bond acceptors (Lipinski definition) is 0. The highest BCUT2D eigenvalue weighted by Gasteiger charge is 2.16. The van der Waals surface area contributed by atoms with Gasteiger partial charge in [0.15, 0.2) is 0 Å². The summed E-state index contributed by atoms with van der Waals surface area (Å²) in [5.41, 5.74) is 7.59. The van der Waals surface area contributed by atoms with Gasteiger partial charge in [-0.1, -0.05) is 158 Å². The Kier molecular flexibility index (Phi) is 5.24. The fraction of sp³-hybridized carbons (Fsp3) is 0. The van der Waals surface area contributed by atoms with Gasteiger partial charge in [0.25, 0.3) is 0 Å². The first-order valence-electron chi connectivity index (χ1n) is 13.9. The SMILES string of the molecule is c1ccc(-c2c3ccccc3c(-c3ccc(-c4cccc5ccc6ccccc6c45)cc3)c3ccccc23)cc1. The van der Waals surface area contributed by atoms with Crippen molar-refractivity contribution in [3.63, 3.8) is 0 Å². The molecular weight excluding hydrogens is 480 g/mol. The van der Waals surface area contributed by atoms with Crippen LogP contribution in [0.1, 0.15) is 0 Å². The number of fused-ring (bicyclic) bond motifs is 5. The molecule has 0 aliphatic carbocycles. The molecule has 0 fully saturated rings. The molecule has 8 aromatic rings. The van der Waals surface area contributed by atoms with E-state index in [4.69, 9.17) is 0 Å². The van der Waals surface area contributed by atoms with E-state index in [1.165, 1.54) is 76.5 Å². The summed E-state index contributed by atoms with van der Waals surface area (Å²) >= 11 is 0. The van der Waals surface area contributed by atoms with Crippen LogP contribution in [0.5, 0.6) is 0 Å². The molecule has 0 spiro atoms. The van der Waals surface area contributed by atoms with E-state index in [0.717, 1.165) is 0 Å². The summed E-state index contributed by atoms with van der Waals surface area (Å²) in [6, 6.07) is 57.5. The van der Waals surface area contributed by atoms with Crippen LogP contribution in [0, 0.1) is 0 Å². The Morgan fingerprint density at radius 1 is 0.250 bits per heavy atom. The number of benzene rings is 8. The molecule has 0 unspecified atom stereocenters. The fourth-order valence-corrected chi connectivity index (χ4v) is 6.47. The zero-order valence-corrected chi connectivity index (χ0v) is 22.0. The molecule has 0 saturated carbocycles. The van der Waals surface area contributed by atoms with Crippen LogP contribution in [0.25, 0.3) is 76.5 Å². The first-order valence-corrected chi connectivity index (χ1v) is 13.9. The standard InChI is InChI=1S/C40H26/c1-2-12-29(13-3-1)39-34-16-6-8-18-36(34)40(37-19-9-7-17-35(37)39)31-25-22-28(23-26-31)33-20-10-14-30-24-21-27-11-4-5-15-32(27)38(30)33/h1-26H. The molecule has 186 valence electrons. The zero-order chi connectivity index (χ0) is 26.5. The lowest BCUT2D eigenvalue weighted by Crippen LogP contribution is -1.91. The maximum Gasteiger partial charge on any atom is -0.00264 e.